The predicted octanol–water partition coefficient (Wildman–Crippen LogP) is 1.78. The second-order valence-electron chi connectivity index (χ2n) is 2.66. The fraction of sp³-hybridized carbons (Fsp3) is 0.125. The summed E-state index contributed by atoms with van der Waals surface area (Å²) in [7, 11) is 0. The van der Waals surface area contributed by atoms with Crippen LogP contribution in [0.4, 0.5) is 0 Å². The monoisotopic (exact) mass is 229 g/mol. The predicted molar refractivity (Wildman–Crippen MR) is 52.8 cm³/mol. The van der Waals surface area contributed by atoms with E-state index >= 15 is 0 Å². The normalized spacial score (nSPS) is 10.7. The fourth-order valence-electron chi connectivity index (χ4n) is 1.25. The van der Waals surface area contributed by atoms with Gasteiger partial charge >= 0.3 is 0 Å². The lowest BCUT2D eigenvalue weighted by Crippen LogP contribution is -1.99. The van der Waals surface area contributed by atoms with Crippen molar-refractivity contribution in [3.05, 3.63) is 28.1 Å². The van der Waals surface area contributed by atoms with E-state index in [2.05, 4.69) is 10.2 Å². The van der Waals surface area contributed by atoms with Crippen LogP contribution in [0, 0.1) is 0 Å². The highest BCUT2D eigenvalue weighted by Crippen LogP contribution is 2.20. The molecule has 0 aliphatic heterocycles. The Balaban J connectivity index is 2.79. The van der Waals surface area contributed by atoms with E-state index in [1.54, 1.807) is 16.5 Å². The van der Waals surface area contributed by atoms with Crippen LogP contribution in [0.5, 0.6) is 0 Å². The summed E-state index contributed by atoms with van der Waals surface area (Å²) < 4.78 is 1.55. The molecule has 2 rings (SSSR count). The summed E-state index contributed by atoms with van der Waals surface area (Å²) in [6, 6.07) is 3.36. The van der Waals surface area contributed by atoms with Gasteiger partial charge in [-0.3, -0.25) is 4.40 Å². The fourth-order valence-corrected chi connectivity index (χ4v) is 1.70. The zero-order chi connectivity index (χ0) is 10.1. The van der Waals surface area contributed by atoms with E-state index in [1.165, 1.54) is 0 Å². The van der Waals surface area contributed by atoms with Crippen LogP contribution in [-0.4, -0.2) is 20.9 Å². The Morgan fingerprint density at radius 3 is 2.86 bits per heavy atom. The molecule has 0 aliphatic rings. The molecule has 0 saturated heterocycles. The number of fused-ring (bicyclic) bond motifs is 1. The van der Waals surface area contributed by atoms with Gasteiger partial charge in [0.15, 0.2) is 5.65 Å². The van der Waals surface area contributed by atoms with E-state index in [9.17, 15) is 4.79 Å². The molecule has 0 saturated carbocycles. The summed E-state index contributed by atoms with van der Waals surface area (Å²) in [6.45, 7) is 0. The lowest BCUT2D eigenvalue weighted by molar-refractivity contribution is -0.107. The van der Waals surface area contributed by atoms with Crippen molar-refractivity contribution < 1.29 is 4.79 Å². The third-order valence-electron chi connectivity index (χ3n) is 1.85. The van der Waals surface area contributed by atoms with Gasteiger partial charge in [0.05, 0.1) is 10.7 Å². The number of carbonyl (C=O) groups excluding carboxylic acids is 1. The van der Waals surface area contributed by atoms with Gasteiger partial charge in [-0.15, -0.1) is 10.2 Å². The molecule has 0 unspecified atom stereocenters. The van der Waals surface area contributed by atoms with Crippen molar-refractivity contribution in [2.45, 2.75) is 6.42 Å². The molecule has 0 aliphatic carbocycles. The van der Waals surface area contributed by atoms with E-state index in [4.69, 9.17) is 23.2 Å². The van der Waals surface area contributed by atoms with Gasteiger partial charge in [-0.25, -0.2) is 0 Å². The molecule has 2 aromatic heterocycles. The first-order valence-corrected chi connectivity index (χ1v) is 4.61. The van der Waals surface area contributed by atoms with Crippen molar-refractivity contribution in [1.29, 1.82) is 0 Å². The van der Waals surface area contributed by atoms with Crippen LogP contribution < -0.4 is 0 Å². The van der Waals surface area contributed by atoms with E-state index in [0.717, 1.165) is 6.29 Å². The third kappa shape index (κ3) is 1.36. The Morgan fingerprint density at radius 2 is 2.14 bits per heavy atom. The van der Waals surface area contributed by atoms with Crippen LogP contribution >= 0.6 is 23.2 Å². The van der Waals surface area contributed by atoms with E-state index < -0.39 is 0 Å². The summed E-state index contributed by atoms with van der Waals surface area (Å²) >= 11 is 11.7. The molecule has 0 radical (unpaired) electrons. The van der Waals surface area contributed by atoms with Crippen LogP contribution in [0.25, 0.3) is 5.65 Å². The van der Waals surface area contributed by atoms with Gasteiger partial charge < -0.3 is 4.79 Å². The minimum atomic E-state index is 0.188. The van der Waals surface area contributed by atoms with Gasteiger partial charge in [-0.2, -0.15) is 0 Å². The molecule has 0 amide bonds. The number of carbonyl (C=O) groups is 1. The van der Waals surface area contributed by atoms with Crippen LogP contribution in [0.2, 0.25) is 10.3 Å². The van der Waals surface area contributed by atoms with Gasteiger partial charge in [-0.05, 0) is 23.7 Å². The van der Waals surface area contributed by atoms with Crippen LogP contribution in [0.1, 0.15) is 5.69 Å². The largest absolute Gasteiger partial charge is 0.303 e. The average molecular weight is 230 g/mol. The quantitative estimate of drug-likeness (QED) is 0.738. The molecule has 2 heterocycles. The molecule has 72 valence electrons. The number of aromatic nitrogens is 3. The Hall–Kier alpha value is -1.13. The molecular formula is C8H5Cl2N3O. The van der Waals surface area contributed by atoms with Crippen LogP contribution in [0.15, 0.2) is 12.1 Å². The molecule has 0 N–H and O–H groups in total. The topological polar surface area (TPSA) is 47.3 Å². The summed E-state index contributed by atoms with van der Waals surface area (Å²) in [6.07, 6.45) is 0.949. The number of hydrogen-bond acceptors (Lipinski definition) is 3. The van der Waals surface area contributed by atoms with Gasteiger partial charge in [-0.1, -0.05) is 11.6 Å². The van der Waals surface area contributed by atoms with Gasteiger partial charge in [0, 0.05) is 6.42 Å². The Kier molecular flexibility index (Phi) is 2.39. The molecule has 6 heteroatoms. The smallest absolute Gasteiger partial charge is 0.229 e. The van der Waals surface area contributed by atoms with E-state index in [1.807, 2.05) is 0 Å². The summed E-state index contributed by atoms with van der Waals surface area (Å²) in [5, 5.41) is 8.18. The molecule has 14 heavy (non-hydrogen) atoms. The first-order chi connectivity index (χ1) is 6.74. The first kappa shape index (κ1) is 9.43. The average Bonchev–Trinajstić information content (AvgIpc) is 2.53. The number of nitrogens with zero attached hydrogens (tertiary/aromatic N) is 3. The second kappa shape index (κ2) is 3.55. The van der Waals surface area contributed by atoms with E-state index in [-0.39, 0.29) is 11.7 Å². The molecular weight excluding hydrogens is 225 g/mol. The SMILES string of the molecule is O=CCc1c(Cl)ccc2nnc(Cl)n12. The van der Waals surface area contributed by atoms with Crippen molar-refractivity contribution >= 4 is 35.1 Å². The highest BCUT2D eigenvalue weighted by Gasteiger charge is 2.10. The maximum absolute atomic E-state index is 10.4. The standard InChI is InChI=1S/C8H5Cl2N3O/c9-5-1-2-7-11-12-8(10)13(7)6(5)3-4-14/h1-2,4H,3H2. The summed E-state index contributed by atoms with van der Waals surface area (Å²) in [4.78, 5) is 10.4. The highest BCUT2D eigenvalue weighted by molar-refractivity contribution is 6.32. The molecule has 0 fully saturated rings. The van der Waals surface area contributed by atoms with Crippen LogP contribution in [-0.2, 0) is 11.2 Å². The summed E-state index contributed by atoms with van der Waals surface area (Å²) in [5.41, 5.74) is 1.19. The minimum Gasteiger partial charge on any atom is -0.303 e. The maximum Gasteiger partial charge on any atom is 0.229 e. The van der Waals surface area contributed by atoms with E-state index in [0.29, 0.717) is 16.4 Å². The molecule has 0 aromatic carbocycles. The van der Waals surface area contributed by atoms with Gasteiger partial charge in [0.25, 0.3) is 0 Å². The van der Waals surface area contributed by atoms with Gasteiger partial charge in [0.2, 0.25) is 5.28 Å². The minimum absolute atomic E-state index is 0.188. The number of hydrogen-bond donors (Lipinski definition) is 0. The van der Waals surface area contributed by atoms with Crippen molar-refractivity contribution in [2.24, 2.45) is 0 Å². The van der Waals surface area contributed by atoms with Crippen molar-refractivity contribution in [3.8, 4) is 0 Å². The van der Waals surface area contributed by atoms with Gasteiger partial charge in [0.1, 0.15) is 6.29 Å². The molecule has 0 atom stereocenters. The van der Waals surface area contributed by atoms with Crippen molar-refractivity contribution in [2.75, 3.05) is 0 Å². The van der Waals surface area contributed by atoms with Crippen LogP contribution in [0.3, 0.4) is 0 Å². The molecule has 0 spiro atoms. The lowest BCUT2D eigenvalue weighted by Gasteiger charge is -2.03. The first-order valence-electron chi connectivity index (χ1n) is 3.85. The highest BCUT2D eigenvalue weighted by atomic mass is 35.5. The third-order valence-corrected chi connectivity index (χ3v) is 2.44. The number of rotatable bonds is 2. The zero-order valence-electron chi connectivity index (χ0n) is 6.94. The Labute approximate surface area is 89.5 Å². The molecule has 4 nitrogen and oxygen atoms in total. The number of aldehydes is 1. The Bertz CT molecular complexity index is 495. The maximum atomic E-state index is 10.4. The van der Waals surface area contributed by atoms with Crippen molar-refractivity contribution in [1.82, 2.24) is 14.6 Å². The molecule has 0 bridgehead atoms. The zero-order valence-corrected chi connectivity index (χ0v) is 8.46. The number of pyridine rings is 1. The molecule has 2 aromatic rings. The van der Waals surface area contributed by atoms with Crippen molar-refractivity contribution in [3.63, 3.8) is 0 Å². The summed E-state index contributed by atoms with van der Waals surface area (Å²) in [5.74, 6) is 0. The number of halogens is 2. The Morgan fingerprint density at radius 1 is 1.36 bits per heavy atom. The lowest BCUT2D eigenvalue weighted by atomic mass is 10.3. The second-order valence-corrected chi connectivity index (χ2v) is 3.41.